The maximum Gasteiger partial charge on any atom is 0.343 e. The molecule has 0 saturated heterocycles. The normalized spacial score (nSPS) is 10.7. The van der Waals surface area contributed by atoms with Crippen molar-refractivity contribution in [1.29, 1.82) is 0 Å². The number of carbonyl (C=O) groups excluding carboxylic acids is 3. The maximum absolute atomic E-state index is 12.5. The summed E-state index contributed by atoms with van der Waals surface area (Å²) in [5.74, 6) is -0.891. The zero-order valence-corrected chi connectivity index (χ0v) is 21.2. The first-order valence-corrected chi connectivity index (χ1v) is 12.1. The predicted molar refractivity (Wildman–Crippen MR) is 148 cm³/mol. The lowest BCUT2D eigenvalue weighted by Gasteiger charge is -2.08. The summed E-state index contributed by atoms with van der Waals surface area (Å²) < 4.78 is 5.51. The van der Waals surface area contributed by atoms with Gasteiger partial charge in [0.05, 0.1) is 18.2 Å². The fourth-order valence-electron chi connectivity index (χ4n) is 3.48. The fraction of sp³-hybridized carbons (Fsp3) is 0.0667. The number of aryl methyl sites for hydroxylation is 1. The van der Waals surface area contributed by atoms with Gasteiger partial charge in [0.1, 0.15) is 5.75 Å². The lowest BCUT2D eigenvalue weighted by molar-refractivity contribution is -0.115. The maximum atomic E-state index is 12.5. The second kappa shape index (κ2) is 12.5. The molecule has 4 rings (SSSR count). The van der Waals surface area contributed by atoms with E-state index in [0.29, 0.717) is 27.4 Å². The lowest BCUT2D eigenvalue weighted by Crippen LogP contribution is -2.18. The number of amides is 2. The minimum Gasteiger partial charge on any atom is -0.422 e. The van der Waals surface area contributed by atoms with E-state index in [-0.39, 0.29) is 18.1 Å². The van der Waals surface area contributed by atoms with E-state index in [2.05, 4.69) is 15.8 Å². The molecule has 38 heavy (non-hydrogen) atoms. The number of hydrogen-bond acceptors (Lipinski definition) is 5. The third-order valence-electron chi connectivity index (χ3n) is 5.47. The van der Waals surface area contributed by atoms with Crippen LogP contribution in [0.1, 0.15) is 37.4 Å². The van der Waals surface area contributed by atoms with Gasteiger partial charge in [-0.2, -0.15) is 5.10 Å². The van der Waals surface area contributed by atoms with Crippen molar-refractivity contribution in [3.63, 3.8) is 0 Å². The Hall–Kier alpha value is -4.75. The van der Waals surface area contributed by atoms with Crippen LogP contribution in [0.2, 0.25) is 5.02 Å². The zero-order valence-electron chi connectivity index (χ0n) is 20.5. The SMILES string of the molecule is Cc1ccc(C(=O)Oc2ccc(Cl)cc2/C=N/NC(=O)c2ccc(NC(=O)Cc3ccccc3)cc2)cc1. The summed E-state index contributed by atoms with van der Waals surface area (Å²) in [5, 5.41) is 7.21. The Balaban J connectivity index is 1.35. The number of esters is 1. The van der Waals surface area contributed by atoms with Crippen LogP contribution < -0.4 is 15.5 Å². The molecule has 0 atom stereocenters. The molecule has 2 amide bonds. The molecule has 0 aromatic heterocycles. The minimum atomic E-state index is -0.526. The molecule has 0 aliphatic rings. The highest BCUT2D eigenvalue weighted by molar-refractivity contribution is 6.31. The summed E-state index contributed by atoms with van der Waals surface area (Å²) in [4.78, 5) is 37.3. The van der Waals surface area contributed by atoms with Crippen LogP contribution in [-0.4, -0.2) is 24.0 Å². The molecule has 2 N–H and O–H groups in total. The number of rotatable bonds is 8. The molecule has 0 unspecified atom stereocenters. The predicted octanol–water partition coefficient (Wildman–Crippen LogP) is 5.81. The minimum absolute atomic E-state index is 0.154. The van der Waals surface area contributed by atoms with E-state index < -0.39 is 11.9 Å². The second-order valence-electron chi connectivity index (χ2n) is 8.42. The van der Waals surface area contributed by atoms with Crippen LogP contribution in [0.4, 0.5) is 5.69 Å². The average molecular weight is 526 g/mol. The van der Waals surface area contributed by atoms with E-state index in [1.807, 2.05) is 49.4 Å². The van der Waals surface area contributed by atoms with Gasteiger partial charge in [-0.3, -0.25) is 9.59 Å². The van der Waals surface area contributed by atoms with Crippen LogP contribution in [0.3, 0.4) is 0 Å². The molecule has 0 radical (unpaired) electrons. The fourth-order valence-corrected chi connectivity index (χ4v) is 3.66. The van der Waals surface area contributed by atoms with Crippen molar-refractivity contribution in [2.24, 2.45) is 5.10 Å². The molecule has 0 aliphatic heterocycles. The topological polar surface area (TPSA) is 96.9 Å². The number of benzene rings is 4. The summed E-state index contributed by atoms with van der Waals surface area (Å²) in [5.41, 5.74) is 6.11. The third-order valence-corrected chi connectivity index (χ3v) is 5.70. The van der Waals surface area contributed by atoms with Crippen LogP contribution in [0.25, 0.3) is 0 Å². The highest BCUT2D eigenvalue weighted by Crippen LogP contribution is 2.23. The van der Waals surface area contributed by atoms with Crippen molar-refractivity contribution in [2.45, 2.75) is 13.3 Å². The molecule has 7 nitrogen and oxygen atoms in total. The van der Waals surface area contributed by atoms with E-state index in [1.54, 1.807) is 54.6 Å². The van der Waals surface area contributed by atoms with Crippen molar-refractivity contribution in [3.8, 4) is 5.75 Å². The Kier molecular flexibility index (Phi) is 8.64. The van der Waals surface area contributed by atoms with Gasteiger partial charge in [0.2, 0.25) is 5.91 Å². The largest absolute Gasteiger partial charge is 0.422 e. The molecular weight excluding hydrogens is 502 g/mol. The smallest absolute Gasteiger partial charge is 0.343 e. The van der Waals surface area contributed by atoms with E-state index in [1.165, 1.54) is 6.21 Å². The molecule has 0 spiro atoms. The number of nitrogens with zero attached hydrogens (tertiary/aromatic N) is 1. The molecule has 0 bridgehead atoms. The Bertz CT molecular complexity index is 1470. The molecule has 4 aromatic carbocycles. The second-order valence-corrected chi connectivity index (χ2v) is 8.86. The van der Waals surface area contributed by atoms with Crippen LogP contribution >= 0.6 is 11.6 Å². The number of anilines is 1. The summed E-state index contributed by atoms with van der Waals surface area (Å²) in [6.07, 6.45) is 1.60. The summed E-state index contributed by atoms with van der Waals surface area (Å²) >= 11 is 6.10. The van der Waals surface area contributed by atoms with Gasteiger partial charge in [0.15, 0.2) is 0 Å². The molecule has 0 aliphatic carbocycles. The molecular formula is C30H24ClN3O4. The van der Waals surface area contributed by atoms with Gasteiger partial charge in [0, 0.05) is 21.8 Å². The molecule has 0 fully saturated rings. The molecule has 190 valence electrons. The van der Waals surface area contributed by atoms with Crippen LogP contribution in [0, 0.1) is 6.92 Å². The van der Waals surface area contributed by atoms with Crippen LogP contribution in [0.15, 0.2) is 102 Å². The quantitative estimate of drug-likeness (QED) is 0.131. The number of carbonyl (C=O) groups is 3. The van der Waals surface area contributed by atoms with Gasteiger partial charge in [-0.15, -0.1) is 0 Å². The van der Waals surface area contributed by atoms with Gasteiger partial charge in [-0.05, 0) is 67.1 Å². The van der Waals surface area contributed by atoms with Gasteiger partial charge in [-0.25, -0.2) is 10.2 Å². The standard InChI is InChI=1S/C30H24ClN3O4/c1-20-7-9-23(10-8-20)30(37)38-27-16-13-25(31)18-24(27)19-32-34-29(36)22-11-14-26(15-12-22)33-28(35)17-21-5-3-2-4-6-21/h2-16,18-19H,17H2,1H3,(H,33,35)(H,34,36)/b32-19+. The lowest BCUT2D eigenvalue weighted by atomic mass is 10.1. The van der Waals surface area contributed by atoms with Gasteiger partial charge in [-0.1, -0.05) is 59.6 Å². The van der Waals surface area contributed by atoms with Crippen LogP contribution in [0.5, 0.6) is 5.75 Å². The first-order chi connectivity index (χ1) is 18.4. The summed E-state index contributed by atoms with van der Waals surface area (Å²) in [6, 6.07) is 27.6. The Morgan fingerprint density at radius 1 is 0.868 bits per heavy atom. The number of hydrogen-bond donors (Lipinski definition) is 2. The van der Waals surface area contributed by atoms with Crippen molar-refractivity contribution in [2.75, 3.05) is 5.32 Å². The summed E-state index contributed by atoms with van der Waals surface area (Å²) in [6.45, 7) is 1.93. The molecule has 8 heteroatoms. The zero-order chi connectivity index (χ0) is 26.9. The van der Waals surface area contributed by atoms with Crippen LogP contribution in [-0.2, 0) is 11.2 Å². The van der Waals surface area contributed by atoms with Gasteiger partial charge < -0.3 is 10.1 Å². The number of halogens is 1. The summed E-state index contributed by atoms with van der Waals surface area (Å²) in [7, 11) is 0. The Labute approximate surface area is 225 Å². The van der Waals surface area contributed by atoms with E-state index in [9.17, 15) is 14.4 Å². The number of ether oxygens (including phenoxy) is 1. The first kappa shape index (κ1) is 26.3. The third kappa shape index (κ3) is 7.38. The van der Waals surface area contributed by atoms with Crippen molar-refractivity contribution < 1.29 is 19.1 Å². The Morgan fingerprint density at radius 2 is 1.55 bits per heavy atom. The van der Waals surface area contributed by atoms with Crippen molar-refractivity contribution in [1.82, 2.24) is 5.43 Å². The number of hydrazone groups is 1. The molecule has 0 saturated carbocycles. The Morgan fingerprint density at radius 3 is 2.26 bits per heavy atom. The van der Waals surface area contributed by atoms with Gasteiger partial charge >= 0.3 is 5.97 Å². The average Bonchev–Trinajstić information content (AvgIpc) is 2.91. The highest BCUT2D eigenvalue weighted by Gasteiger charge is 2.12. The van der Waals surface area contributed by atoms with E-state index in [4.69, 9.17) is 16.3 Å². The highest BCUT2D eigenvalue weighted by atomic mass is 35.5. The monoisotopic (exact) mass is 525 g/mol. The van der Waals surface area contributed by atoms with E-state index >= 15 is 0 Å². The van der Waals surface area contributed by atoms with Gasteiger partial charge in [0.25, 0.3) is 5.91 Å². The van der Waals surface area contributed by atoms with E-state index in [0.717, 1.165) is 11.1 Å². The first-order valence-electron chi connectivity index (χ1n) is 11.7. The van der Waals surface area contributed by atoms with Crippen molar-refractivity contribution in [3.05, 3.63) is 130 Å². The molecule has 0 heterocycles. The molecule has 4 aromatic rings. The number of nitrogens with one attached hydrogen (secondary N) is 2. The van der Waals surface area contributed by atoms with Crippen molar-refractivity contribution >= 4 is 41.3 Å².